The third kappa shape index (κ3) is 1.97. The number of benzene rings is 1. The number of aliphatic hydroxyl groups is 1. The van der Waals surface area contributed by atoms with Gasteiger partial charge in [-0.15, -0.1) is 0 Å². The molecule has 14 heavy (non-hydrogen) atoms. The van der Waals surface area contributed by atoms with Crippen LogP contribution in [0.4, 0.5) is 0 Å². The molecule has 0 spiro atoms. The summed E-state index contributed by atoms with van der Waals surface area (Å²) in [7, 11) is 0. The maximum absolute atomic E-state index is 9.27. The zero-order valence-electron chi connectivity index (χ0n) is 8.23. The molecule has 0 aromatic heterocycles. The fourth-order valence-electron chi connectivity index (χ4n) is 2.07. The molecule has 0 radical (unpaired) electrons. The van der Waals surface area contributed by atoms with Crippen LogP contribution in [0.15, 0.2) is 30.3 Å². The van der Waals surface area contributed by atoms with Crippen LogP contribution in [0, 0.1) is 5.92 Å². The predicted octanol–water partition coefficient (Wildman–Crippen LogP) is 1.80. The van der Waals surface area contributed by atoms with Crippen LogP contribution < -0.4 is 0 Å². The van der Waals surface area contributed by atoms with Crippen LogP contribution in [0.25, 0.3) is 0 Å². The first kappa shape index (κ1) is 9.69. The van der Waals surface area contributed by atoms with Crippen molar-refractivity contribution < 1.29 is 9.84 Å². The Balaban J connectivity index is 2.15. The van der Waals surface area contributed by atoms with Gasteiger partial charge in [0.2, 0.25) is 0 Å². The zero-order chi connectivity index (χ0) is 9.80. The maximum atomic E-state index is 9.27. The van der Waals surface area contributed by atoms with E-state index in [-0.39, 0.29) is 6.61 Å². The summed E-state index contributed by atoms with van der Waals surface area (Å²) in [5.41, 5.74) is 1.28. The molecule has 1 aliphatic heterocycles. The smallest absolute Gasteiger partial charge is 0.0538 e. The van der Waals surface area contributed by atoms with Gasteiger partial charge in [-0.25, -0.2) is 0 Å². The molecule has 1 aliphatic rings. The maximum Gasteiger partial charge on any atom is 0.0538 e. The molecule has 2 rings (SSSR count). The van der Waals surface area contributed by atoms with E-state index in [9.17, 15) is 5.11 Å². The first-order valence-corrected chi connectivity index (χ1v) is 5.15. The summed E-state index contributed by atoms with van der Waals surface area (Å²) in [6.07, 6.45) is 0.968. The van der Waals surface area contributed by atoms with Gasteiger partial charge >= 0.3 is 0 Å². The van der Waals surface area contributed by atoms with E-state index in [0.29, 0.717) is 11.8 Å². The van der Waals surface area contributed by atoms with E-state index in [1.807, 2.05) is 18.2 Å². The molecular weight excluding hydrogens is 176 g/mol. The molecule has 0 aliphatic carbocycles. The van der Waals surface area contributed by atoms with Crippen molar-refractivity contribution in [2.24, 2.45) is 5.92 Å². The van der Waals surface area contributed by atoms with Crippen LogP contribution in [0.1, 0.15) is 17.9 Å². The van der Waals surface area contributed by atoms with Gasteiger partial charge in [0.1, 0.15) is 0 Å². The highest BCUT2D eigenvalue weighted by Crippen LogP contribution is 2.30. The van der Waals surface area contributed by atoms with Crippen molar-refractivity contribution in [1.82, 2.24) is 0 Å². The molecule has 1 aromatic carbocycles. The minimum atomic E-state index is 0.267. The number of rotatable bonds is 2. The Kier molecular flexibility index (Phi) is 3.17. The van der Waals surface area contributed by atoms with Crippen LogP contribution in [0.2, 0.25) is 0 Å². The molecule has 2 nitrogen and oxygen atoms in total. The highest BCUT2D eigenvalue weighted by atomic mass is 16.5. The Morgan fingerprint density at radius 3 is 2.79 bits per heavy atom. The highest BCUT2D eigenvalue weighted by molar-refractivity contribution is 5.20. The molecular formula is C12H16O2. The lowest BCUT2D eigenvalue weighted by atomic mass is 9.84. The average Bonchev–Trinajstić information content (AvgIpc) is 2.30. The van der Waals surface area contributed by atoms with Gasteiger partial charge < -0.3 is 9.84 Å². The second-order valence-corrected chi connectivity index (χ2v) is 3.82. The van der Waals surface area contributed by atoms with E-state index < -0.39 is 0 Å². The Morgan fingerprint density at radius 2 is 2.07 bits per heavy atom. The number of hydrogen-bond acceptors (Lipinski definition) is 2. The minimum Gasteiger partial charge on any atom is -0.396 e. The summed E-state index contributed by atoms with van der Waals surface area (Å²) in [5.74, 6) is 0.737. The molecule has 2 atom stereocenters. The Morgan fingerprint density at radius 1 is 1.29 bits per heavy atom. The van der Waals surface area contributed by atoms with Crippen molar-refractivity contribution in [3.05, 3.63) is 35.9 Å². The van der Waals surface area contributed by atoms with E-state index in [1.54, 1.807) is 0 Å². The van der Waals surface area contributed by atoms with Gasteiger partial charge in [-0.3, -0.25) is 0 Å². The fourth-order valence-corrected chi connectivity index (χ4v) is 2.07. The molecule has 1 saturated heterocycles. The average molecular weight is 192 g/mol. The summed E-state index contributed by atoms with van der Waals surface area (Å²) in [4.78, 5) is 0. The first-order valence-electron chi connectivity index (χ1n) is 5.15. The van der Waals surface area contributed by atoms with Gasteiger partial charge in [0.05, 0.1) is 6.61 Å². The third-order valence-corrected chi connectivity index (χ3v) is 2.96. The van der Waals surface area contributed by atoms with E-state index in [2.05, 4.69) is 12.1 Å². The normalized spacial score (nSPS) is 27.5. The molecule has 1 heterocycles. The van der Waals surface area contributed by atoms with Gasteiger partial charge in [-0.05, 0) is 17.9 Å². The molecule has 76 valence electrons. The molecule has 1 aromatic rings. The number of hydrogen-bond donors (Lipinski definition) is 1. The fraction of sp³-hybridized carbons (Fsp3) is 0.500. The lowest BCUT2D eigenvalue weighted by molar-refractivity contribution is 0.0261. The largest absolute Gasteiger partial charge is 0.396 e. The topological polar surface area (TPSA) is 29.5 Å². The minimum absolute atomic E-state index is 0.267. The molecule has 2 heteroatoms. The van der Waals surface area contributed by atoms with Crippen molar-refractivity contribution in [2.45, 2.75) is 12.3 Å². The van der Waals surface area contributed by atoms with E-state index in [4.69, 9.17) is 4.74 Å². The van der Waals surface area contributed by atoms with Gasteiger partial charge in [0.25, 0.3) is 0 Å². The Labute approximate surface area is 84.5 Å². The summed E-state index contributed by atoms with van der Waals surface area (Å²) in [6, 6.07) is 10.3. The molecule has 0 bridgehead atoms. The molecule has 0 amide bonds. The number of aliphatic hydroxyl groups excluding tert-OH is 1. The van der Waals surface area contributed by atoms with E-state index in [1.165, 1.54) is 5.56 Å². The van der Waals surface area contributed by atoms with Crippen molar-refractivity contribution in [2.75, 3.05) is 19.8 Å². The molecule has 0 saturated carbocycles. The second-order valence-electron chi connectivity index (χ2n) is 3.82. The summed E-state index contributed by atoms with van der Waals surface area (Å²) in [5, 5.41) is 9.27. The quantitative estimate of drug-likeness (QED) is 0.774. The van der Waals surface area contributed by atoms with Gasteiger partial charge in [-0.2, -0.15) is 0 Å². The van der Waals surface area contributed by atoms with E-state index >= 15 is 0 Å². The van der Waals surface area contributed by atoms with Crippen LogP contribution in [-0.4, -0.2) is 24.9 Å². The lowest BCUT2D eigenvalue weighted by Gasteiger charge is -2.30. The molecule has 2 unspecified atom stereocenters. The standard InChI is InChI=1S/C12H16O2/c13-8-11-6-7-14-9-12(11)10-4-2-1-3-5-10/h1-5,11-13H,6-9H2. The predicted molar refractivity (Wildman–Crippen MR) is 55.2 cm³/mol. The summed E-state index contributed by atoms with van der Waals surface area (Å²) in [6.45, 7) is 1.80. The lowest BCUT2D eigenvalue weighted by Crippen LogP contribution is -2.28. The SMILES string of the molecule is OCC1CCOCC1c1ccccc1. The Bertz CT molecular complexity index is 271. The zero-order valence-corrected chi connectivity index (χ0v) is 8.23. The third-order valence-electron chi connectivity index (χ3n) is 2.96. The summed E-state index contributed by atoms with van der Waals surface area (Å²) < 4.78 is 5.46. The Hall–Kier alpha value is -0.860. The van der Waals surface area contributed by atoms with Gasteiger partial charge in [0.15, 0.2) is 0 Å². The molecule has 1 N–H and O–H groups in total. The molecule has 1 fully saturated rings. The van der Waals surface area contributed by atoms with Gasteiger partial charge in [0, 0.05) is 19.1 Å². The van der Waals surface area contributed by atoms with Crippen molar-refractivity contribution in [3.63, 3.8) is 0 Å². The first-order chi connectivity index (χ1) is 6.92. The van der Waals surface area contributed by atoms with Crippen molar-refractivity contribution in [1.29, 1.82) is 0 Å². The van der Waals surface area contributed by atoms with Crippen LogP contribution in [0.5, 0.6) is 0 Å². The van der Waals surface area contributed by atoms with Crippen LogP contribution in [0.3, 0.4) is 0 Å². The monoisotopic (exact) mass is 192 g/mol. The van der Waals surface area contributed by atoms with Crippen LogP contribution in [-0.2, 0) is 4.74 Å². The second kappa shape index (κ2) is 4.58. The van der Waals surface area contributed by atoms with Crippen molar-refractivity contribution in [3.8, 4) is 0 Å². The van der Waals surface area contributed by atoms with Crippen molar-refractivity contribution >= 4 is 0 Å². The van der Waals surface area contributed by atoms with E-state index in [0.717, 1.165) is 19.6 Å². The summed E-state index contributed by atoms with van der Waals surface area (Å²) >= 11 is 0. The van der Waals surface area contributed by atoms with Crippen LogP contribution >= 0.6 is 0 Å². The highest BCUT2D eigenvalue weighted by Gasteiger charge is 2.26. The van der Waals surface area contributed by atoms with Gasteiger partial charge in [-0.1, -0.05) is 30.3 Å². The number of ether oxygens (including phenoxy) is 1.